The number of rotatable bonds is 3. The maximum atomic E-state index is 12.1. The smallest absolute Gasteiger partial charge is 0.225 e. The van der Waals surface area contributed by atoms with Crippen molar-refractivity contribution in [3.05, 3.63) is 35.9 Å². The number of hydrogen-bond donors (Lipinski definition) is 1. The van der Waals surface area contributed by atoms with Gasteiger partial charge in [-0.25, -0.2) is 0 Å². The molecular formula is C15H20N2O. The van der Waals surface area contributed by atoms with E-state index < -0.39 is 0 Å². The van der Waals surface area contributed by atoms with Crippen molar-refractivity contribution in [3.8, 4) is 0 Å². The zero-order chi connectivity index (χ0) is 12.4. The molecule has 1 aromatic rings. The molecule has 1 aromatic carbocycles. The first kappa shape index (κ1) is 11.7. The van der Waals surface area contributed by atoms with Gasteiger partial charge in [0.2, 0.25) is 5.91 Å². The maximum absolute atomic E-state index is 12.1. The molecule has 1 atom stereocenters. The van der Waals surface area contributed by atoms with Crippen LogP contribution in [0.3, 0.4) is 0 Å². The van der Waals surface area contributed by atoms with Crippen molar-refractivity contribution in [2.24, 2.45) is 5.92 Å². The first-order valence-electron chi connectivity index (χ1n) is 6.89. The molecule has 1 N–H and O–H groups in total. The van der Waals surface area contributed by atoms with Crippen molar-refractivity contribution in [2.45, 2.75) is 25.3 Å². The predicted octanol–water partition coefficient (Wildman–Crippen LogP) is 1.44. The fraction of sp³-hybridized carbons (Fsp3) is 0.533. The number of nitrogens with one attached hydrogen (secondary N) is 1. The average Bonchev–Trinajstić information content (AvgIpc) is 3.24. The minimum absolute atomic E-state index is 0.348. The monoisotopic (exact) mass is 244 g/mol. The van der Waals surface area contributed by atoms with Gasteiger partial charge in [-0.15, -0.1) is 0 Å². The molecule has 2 fully saturated rings. The predicted molar refractivity (Wildman–Crippen MR) is 71.2 cm³/mol. The first-order chi connectivity index (χ1) is 8.83. The van der Waals surface area contributed by atoms with Gasteiger partial charge in [-0.3, -0.25) is 4.79 Å². The number of amides is 1. The van der Waals surface area contributed by atoms with Crippen LogP contribution in [0.4, 0.5) is 0 Å². The second kappa shape index (κ2) is 5.11. The molecule has 3 rings (SSSR count). The van der Waals surface area contributed by atoms with Gasteiger partial charge in [0.25, 0.3) is 0 Å². The third-order valence-corrected chi connectivity index (χ3v) is 3.82. The Balaban J connectivity index is 1.58. The quantitative estimate of drug-likeness (QED) is 0.872. The summed E-state index contributed by atoms with van der Waals surface area (Å²) >= 11 is 0. The van der Waals surface area contributed by atoms with E-state index in [9.17, 15) is 4.79 Å². The number of piperazine rings is 1. The molecule has 1 amide bonds. The van der Waals surface area contributed by atoms with Gasteiger partial charge >= 0.3 is 0 Å². The molecule has 2 aliphatic rings. The van der Waals surface area contributed by atoms with Crippen LogP contribution < -0.4 is 5.32 Å². The molecule has 3 nitrogen and oxygen atoms in total. The number of hydrogen-bond acceptors (Lipinski definition) is 2. The molecule has 18 heavy (non-hydrogen) atoms. The van der Waals surface area contributed by atoms with E-state index >= 15 is 0 Å². The Bertz CT molecular complexity index is 414. The fourth-order valence-electron chi connectivity index (χ4n) is 2.65. The summed E-state index contributed by atoms with van der Waals surface area (Å²) < 4.78 is 0. The van der Waals surface area contributed by atoms with Crippen LogP contribution in [0, 0.1) is 5.92 Å². The van der Waals surface area contributed by atoms with Crippen LogP contribution >= 0.6 is 0 Å². The highest BCUT2D eigenvalue weighted by Crippen LogP contribution is 2.31. The van der Waals surface area contributed by atoms with Gasteiger partial charge < -0.3 is 10.2 Å². The third kappa shape index (κ3) is 2.72. The van der Waals surface area contributed by atoms with Gasteiger partial charge in [0, 0.05) is 31.6 Å². The second-order valence-corrected chi connectivity index (χ2v) is 5.40. The number of carbonyl (C=O) groups excluding carboxylic acids is 1. The van der Waals surface area contributed by atoms with E-state index in [0.717, 1.165) is 38.9 Å². The second-order valence-electron chi connectivity index (χ2n) is 5.40. The van der Waals surface area contributed by atoms with E-state index in [-0.39, 0.29) is 0 Å². The molecule has 1 unspecified atom stereocenters. The SMILES string of the molecule is O=C(C1CC1)N1CCNC(Cc2ccccc2)C1. The van der Waals surface area contributed by atoms with E-state index in [2.05, 4.69) is 34.5 Å². The van der Waals surface area contributed by atoms with Crippen molar-refractivity contribution in [1.29, 1.82) is 0 Å². The molecule has 0 bridgehead atoms. The van der Waals surface area contributed by atoms with Crippen LogP contribution in [-0.4, -0.2) is 36.5 Å². The summed E-state index contributed by atoms with van der Waals surface area (Å²) in [6.45, 7) is 2.67. The van der Waals surface area contributed by atoms with Gasteiger partial charge in [-0.05, 0) is 24.8 Å². The fourth-order valence-corrected chi connectivity index (χ4v) is 2.65. The molecule has 0 spiro atoms. The minimum atomic E-state index is 0.348. The van der Waals surface area contributed by atoms with E-state index in [1.54, 1.807) is 0 Å². The minimum Gasteiger partial charge on any atom is -0.340 e. The summed E-state index contributed by atoms with van der Waals surface area (Å²) in [6, 6.07) is 10.9. The summed E-state index contributed by atoms with van der Waals surface area (Å²) in [7, 11) is 0. The summed E-state index contributed by atoms with van der Waals surface area (Å²) in [5.74, 6) is 0.732. The Labute approximate surface area is 108 Å². The summed E-state index contributed by atoms with van der Waals surface area (Å²) in [4.78, 5) is 14.1. The molecule has 0 aromatic heterocycles. The van der Waals surface area contributed by atoms with Crippen molar-refractivity contribution in [3.63, 3.8) is 0 Å². The van der Waals surface area contributed by atoms with Crippen molar-refractivity contribution < 1.29 is 4.79 Å². The lowest BCUT2D eigenvalue weighted by atomic mass is 10.0. The van der Waals surface area contributed by atoms with Crippen LogP contribution in [0.15, 0.2) is 30.3 Å². The lowest BCUT2D eigenvalue weighted by Crippen LogP contribution is -2.53. The van der Waals surface area contributed by atoms with E-state index in [1.165, 1.54) is 5.56 Å². The standard InChI is InChI=1S/C15H20N2O/c18-15(13-6-7-13)17-9-8-16-14(11-17)10-12-4-2-1-3-5-12/h1-5,13-14,16H,6-11H2. The van der Waals surface area contributed by atoms with Gasteiger partial charge in [0.15, 0.2) is 0 Å². The van der Waals surface area contributed by atoms with Gasteiger partial charge in [0.1, 0.15) is 0 Å². The zero-order valence-electron chi connectivity index (χ0n) is 10.6. The molecule has 1 heterocycles. The molecule has 3 heteroatoms. The lowest BCUT2D eigenvalue weighted by molar-refractivity contribution is -0.133. The Hall–Kier alpha value is -1.35. The van der Waals surface area contributed by atoms with E-state index in [4.69, 9.17) is 0 Å². The molecule has 0 radical (unpaired) electrons. The van der Waals surface area contributed by atoms with Crippen molar-refractivity contribution >= 4 is 5.91 Å². The molecule has 1 aliphatic carbocycles. The summed E-state index contributed by atoms with van der Waals surface area (Å²) in [5, 5.41) is 3.52. The van der Waals surface area contributed by atoms with E-state index in [0.29, 0.717) is 17.9 Å². The lowest BCUT2D eigenvalue weighted by Gasteiger charge is -2.34. The van der Waals surface area contributed by atoms with Gasteiger partial charge in [-0.2, -0.15) is 0 Å². The number of benzene rings is 1. The topological polar surface area (TPSA) is 32.3 Å². The van der Waals surface area contributed by atoms with Crippen LogP contribution in [0.2, 0.25) is 0 Å². The molecule has 1 saturated heterocycles. The third-order valence-electron chi connectivity index (χ3n) is 3.82. The van der Waals surface area contributed by atoms with Crippen LogP contribution in [-0.2, 0) is 11.2 Å². The first-order valence-corrected chi connectivity index (χ1v) is 6.89. The molecule has 1 aliphatic heterocycles. The highest BCUT2D eigenvalue weighted by atomic mass is 16.2. The molecule has 1 saturated carbocycles. The number of nitrogens with zero attached hydrogens (tertiary/aromatic N) is 1. The van der Waals surface area contributed by atoms with Crippen LogP contribution in [0.25, 0.3) is 0 Å². The van der Waals surface area contributed by atoms with Crippen LogP contribution in [0.5, 0.6) is 0 Å². The highest BCUT2D eigenvalue weighted by molar-refractivity contribution is 5.81. The summed E-state index contributed by atoms with van der Waals surface area (Å²) in [5.41, 5.74) is 1.34. The zero-order valence-corrected chi connectivity index (χ0v) is 10.6. The summed E-state index contributed by atoms with van der Waals surface area (Å²) in [6.07, 6.45) is 3.22. The van der Waals surface area contributed by atoms with Gasteiger partial charge in [-0.1, -0.05) is 30.3 Å². The normalized spacial score (nSPS) is 24.0. The Kier molecular flexibility index (Phi) is 3.33. The largest absolute Gasteiger partial charge is 0.340 e. The van der Waals surface area contributed by atoms with Crippen LogP contribution in [0.1, 0.15) is 18.4 Å². The molecule has 96 valence electrons. The molecular weight excluding hydrogens is 224 g/mol. The van der Waals surface area contributed by atoms with Gasteiger partial charge in [0.05, 0.1) is 0 Å². The van der Waals surface area contributed by atoms with E-state index in [1.807, 2.05) is 6.07 Å². The number of carbonyl (C=O) groups is 1. The highest BCUT2D eigenvalue weighted by Gasteiger charge is 2.35. The maximum Gasteiger partial charge on any atom is 0.225 e. The Morgan fingerprint density at radius 3 is 2.78 bits per heavy atom. The Morgan fingerprint density at radius 2 is 2.06 bits per heavy atom. The van der Waals surface area contributed by atoms with Crippen molar-refractivity contribution in [1.82, 2.24) is 10.2 Å². The average molecular weight is 244 g/mol. The van der Waals surface area contributed by atoms with Crippen molar-refractivity contribution in [2.75, 3.05) is 19.6 Å². The Morgan fingerprint density at radius 1 is 1.28 bits per heavy atom.